The molecule has 0 aliphatic carbocycles. The van der Waals surface area contributed by atoms with Crippen molar-refractivity contribution in [1.29, 1.82) is 0 Å². The average molecular weight is 326 g/mol. The number of hydrogen-bond donors (Lipinski definition) is 1. The van der Waals surface area contributed by atoms with E-state index < -0.39 is 11.9 Å². The third-order valence-electron chi connectivity index (χ3n) is 3.19. The first-order valence-corrected chi connectivity index (χ1v) is 6.83. The highest BCUT2D eigenvalue weighted by Gasteiger charge is 2.37. The smallest absolute Gasteiger partial charge is 0.334 e. The van der Waals surface area contributed by atoms with E-state index in [9.17, 15) is 13.2 Å². The number of fused-ring (bicyclic) bond motifs is 1. The Morgan fingerprint density at radius 2 is 2.13 bits per heavy atom. The lowest BCUT2D eigenvalue weighted by Crippen LogP contribution is -2.12. The van der Waals surface area contributed by atoms with E-state index in [-0.39, 0.29) is 16.9 Å². The summed E-state index contributed by atoms with van der Waals surface area (Å²) in [4.78, 5) is 8.15. The molecule has 3 aromatic heterocycles. The molecule has 0 spiro atoms. The molecule has 0 fully saturated rings. The van der Waals surface area contributed by atoms with Crippen molar-refractivity contribution in [2.45, 2.75) is 19.6 Å². The monoisotopic (exact) mass is 326 g/mol. The van der Waals surface area contributed by atoms with E-state index in [2.05, 4.69) is 25.5 Å². The van der Waals surface area contributed by atoms with Crippen molar-refractivity contribution in [2.75, 3.05) is 6.54 Å². The molecule has 3 aromatic rings. The van der Waals surface area contributed by atoms with Gasteiger partial charge in [-0.2, -0.15) is 23.3 Å². The number of aromatic nitrogens is 5. The van der Waals surface area contributed by atoms with Gasteiger partial charge in [0.25, 0.3) is 5.89 Å². The molecule has 10 heteroatoms. The van der Waals surface area contributed by atoms with Crippen LogP contribution in [-0.2, 0) is 19.8 Å². The van der Waals surface area contributed by atoms with Gasteiger partial charge in [0.05, 0.1) is 17.5 Å². The van der Waals surface area contributed by atoms with Crippen LogP contribution < -0.4 is 5.32 Å². The van der Waals surface area contributed by atoms with Gasteiger partial charge in [0.15, 0.2) is 17.2 Å². The maximum absolute atomic E-state index is 13.0. The molecule has 0 aliphatic heterocycles. The number of rotatable bonds is 4. The van der Waals surface area contributed by atoms with Crippen molar-refractivity contribution in [3.05, 3.63) is 23.8 Å². The summed E-state index contributed by atoms with van der Waals surface area (Å²) in [5.74, 6) is 0.536. The van der Waals surface area contributed by atoms with Crippen LogP contribution in [0.5, 0.6) is 0 Å². The van der Waals surface area contributed by atoms with Gasteiger partial charge in [-0.3, -0.25) is 0 Å². The maximum Gasteiger partial charge on any atom is 0.435 e. The third kappa shape index (κ3) is 2.89. The predicted octanol–water partition coefficient (Wildman–Crippen LogP) is 2.15. The van der Waals surface area contributed by atoms with Crippen LogP contribution in [0.3, 0.4) is 0 Å². The van der Waals surface area contributed by atoms with E-state index in [1.54, 1.807) is 0 Å². The largest absolute Gasteiger partial charge is 0.435 e. The number of nitrogens with one attached hydrogen (secondary N) is 1. The number of aryl methyl sites for hydroxylation is 1. The first-order chi connectivity index (χ1) is 10.9. The lowest BCUT2D eigenvalue weighted by atomic mass is 10.2. The van der Waals surface area contributed by atoms with Gasteiger partial charge in [-0.25, -0.2) is 9.67 Å². The fourth-order valence-electron chi connectivity index (χ4n) is 2.15. The molecule has 0 amide bonds. The number of hydrogen-bond acceptors (Lipinski definition) is 6. The minimum absolute atomic E-state index is 0.107. The van der Waals surface area contributed by atoms with Crippen LogP contribution in [0, 0.1) is 0 Å². The Labute approximate surface area is 128 Å². The van der Waals surface area contributed by atoms with E-state index in [0.29, 0.717) is 17.9 Å². The lowest BCUT2D eigenvalue weighted by Gasteiger charge is -2.02. The zero-order valence-electron chi connectivity index (χ0n) is 12.3. The highest BCUT2D eigenvalue weighted by Crippen LogP contribution is 2.34. The normalized spacial score (nSPS) is 12.2. The fraction of sp³-hybridized carbons (Fsp3) is 0.385. The summed E-state index contributed by atoms with van der Waals surface area (Å²) in [5.41, 5.74) is -0.545. The molecule has 0 radical (unpaired) electrons. The van der Waals surface area contributed by atoms with Gasteiger partial charge >= 0.3 is 6.18 Å². The molecule has 7 nitrogen and oxygen atoms in total. The van der Waals surface area contributed by atoms with Crippen LogP contribution in [0.4, 0.5) is 13.2 Å². The van der Waals surface area contributed by atoms with Gasteiger partial charge in [0.2, 0.25) is 0 Å². The molecule has 3 heterocycles. The molecule has 0 aromatic carbocycles. The molecule has 0 bridgehead atoms. The van der Waals surface area contributed by atoms with Gasteiger partial charge in [0, 0.05) is 13.2 Å². The molecular formula is C13H13F3N6O. The summed E-state index contributed by atoms with van der Waals surface area (Å²) in [6.07, 6.45) is -3.18. The second-order valence-electron chi connectivity index (χ2n) is 4.86. The molecular weight excluding hydrogens is 313 g/mol. The SMILES string of the molecule is CCNCc1noc(-c2cnc3c(c2)c(C(F)(F)F)nn3C)n1. The summed E-state index contributed by atoms with van der Waals surface area (Å²) < 4.78 is 45.3. The molecule has 3 rings (SSSR count). The quantitative estimate of drug-likeness (QED) is 0.791. The van der Waals surface area contributed by atoms with Crippen LogP contribution in [0.15, 0.2) is 16.8 Å². The third-order valence-corrected chi connectivity index (χ3v) is 3.19. The zero-order chi connectivity index (χ0) is 16.6. The van der Waals surface area contributed by atoms with Gasteiger partial charge in [-0.1, -0.05) is 12.1 Å². The molecule has 0 unspecified atom stereocenters. The van der Waals surface area contributed by atoms with Gasteiger partial charge < -0.3 is 9.84 Å². The Kier molecular flexibility index (Phi) is 3.76. The first-order valence-electron chi connectivity index (χ1n) is 6.83. The average Bonchev–Trinajstić information content (AvgIpc) is 3.09. The van der Waals surface area contributed by atoms with Crippen molar-refractivity contribution in [3.8, 4) is 11.5 Å². The second-order valence-corrected chi connectivity index (χ2v) is 4.86. The Hall–Kier alpha value is -2.49. The van der Waals surface area contributed by atoms with E-state index in [4.69, 9.17) is 4.52 Å². The predicted molar refractivity (Wildman–Crippen MR) is 74.2 cm³/mol. The van der Waals surface area contributed by atoms with Crippen molar-refractivity contribution in [2.24, 2.45) is 7.05 Å². The van der Waals surface area contributed by atoms with Gasteiger partial charge in [-0.15, -0.1) is 0 Å². The summed E-state index contributed by atoms with van der Waals surface area (Å²) in [7, 11) is 1.41. The fourth-order valence-corrected chi connectivity index (χ4v) is 2.15. The number of alkyl halides is 3. The number of halogens is 3. The molecule has 0 atom stereocenters. The van der Waals surface area contributed by atoms with Crippen LogP contribution in [0.2, 0.25) is 0 Å². The Bertz CT molecular complexity index is 838. The second kappa shape index (κ2) is 5.61. The number of pyridine rings is 1. The Morgan fingerprint density at radius 1 is 1.35 bits per heavy atom. The van der Waals surface area contributed by atoms with Crippen LogP contribution >= 0.6 is 0 Å². The summed E-state index contributed by atoms with van der Waals surface area (Å²) >= 11 is 0. The molecule has 122 valence electrons. The summed E-state index contributed by atoms with van der Waals surface area (Å²) in [6.45, 7) is 3.08. The van der Waals surface area contributed by atoms with Gasteiger partial charge in [-0.05, 0) is 12.6 Å². The van der Waals surface area contributed by atoms with E-state index in [1.807, 2.05) is 6.92 Å². The molecule has 1 N–H and O–H groups in total. The summed E-state index contributed by atoms with van der Waals surface area (Å²) in [5, 5.41) is 10.2. The molecule has 23 heavy (non-hydrogen) atoms. The maximum atomic E-state index is 13.0. The lowest BCUT2D eigenvalue weighted by molar-refractivity contribution is -0.140. The molecule has 0 aliphatic rings. The minimum atomic E-state index is -4.56. The highest BCUT2D eigenvalue weighted by molar-refractivity contribution is 5.82. The zero-order valence-corrected chi connectivity index (χ0v) is 12.3. The highest BCUT2D eigenvalue weighted by atomic mass is 19.4. The minimum Gasteiger partial charge on any atom is -0.334 e. The summed E-state index contributed by atoms with van der Waals surface area (Å²) in [6, 6.07) is 1.31. The van der Waals surface area contributed by atoms with Gasteiger partial charge in [0.1, 0.15) is 0 Å². The van der Waals surface area contributed by atoms with Crippen LogP contribution in [-0.4, -0.2) is 31.4 Å². The van der Waals surface area contributed by atoms with Crippen molar-refractivity contribution >= 4 is 11.0 Å². The Balaban J connectivity index is 2.04. The van der Waals surface area contributed by atoms with Crippen molar-refractivity contribution in [1.82, 2.24) is 30.2 Å². The van der Waals surface area contributed by atoms with Crippen molar-refractivity contribution in [3.63, 3.8) is 0 Å². The van der Waals surface area contributed by atoms with E-state index in [1.165, 1.54) is 19.3 Å². The van der Waals surface area contributed by atoms with Crippen LogP contribution in [0.25, 0.3) is 22.5 Å². The molecule has 0 saturated heterocycles. The van der Waals surface area contributed by atoms with Crippen molar-refractivity contribution < 1.29 is 17.7 Å². The van der Waals surface area contributed by atoms with Crippen LogP contribution in [0.1, 0.15) is 18.4 Å². The number of nitrogens with zero attached hydrogens (tertiary/aromatic N) is 5. The topological polar surface area (TPSA) is 81.7 Å². The molecule has 0 saturated carbocycles. The first kappa shape index (κ1) is 15.4. The Morgan fingerprint density at radius 3 is 2.83 bits per heavy atom. The van der Waals surface area contributed by atoms with E-state index in [0.717, 1.165) is 11.2 Å². The standard InChI is InChI=1S/C13H13F3N6O/c1-3-17-6-9-19-12(23-21-9)7-4-8-10(13(14,15)16)20-22(2)11(8)18-5-7/h4-5,17H,3,6H2,1-2H3. The van der Waals surface area contributed by atoms with E-state index >= 15 is 0 Å².